The summed E-state index contributed by atoms with van der Waals surface area (Å²) in [5.74, 6) is -0.694. The van der Waals surface area contributed by atoms with Gasteiger partial charge >= 0.3 is 6.18 Å². The van der Waals surface area contributed by atoms with Crippen LogP contribution in [0.15, 0.2) is 53.7 Å². The summed E-state index contributed by atoms with van der Waals surface area (Å²) in [6.07, 6.45) is -1.76. The molecule has 1 aliphatic rings. The highest BCUT2D eigenvalue weighted by Crippen LogP contribution is 2.35. The molecule has 1 saturated heterocycles. The molecular weight excluding hydrogens is 509 g/mol. The number of benzene rings is 2. The molecule has 37 heavy (non-hydrogen) atoms. The minimum Gasteiger partial charge on any atom is -0.368 e. The van der Waals surface area contributed by atoms with E-state index in [-0.39, 0.29) is 24.6 Å². The van der Waals surface area contributed by atoms with Gasteiger partial charge in [0.15, 0.2) is 0 Å². The lowest BCUT2D eigenvalue weighted by molar-refractivity contribution is -0.137. The molecule has 2 heterocycles. The summed E-state index contributed by atoms with van der Waals surface area (Å²) in [7, 11) is -2.32. The molecule has 1 fully saturated rings. The average molecular weight is 535 g/mol. The van der Waals surface area contributed by atoms with Gasteiger partial charge in [-0.3, -0.25) is 4.79 Å². The second kappa shape index (κ2) is 10.1. The van der Waals surface area contributed by atoms with Crippen LogP contribution < -0.4 is 11.1 Å². The Balaban J connectivity index is 1.71. The predicted molar refractivity (Wildman–Crippen MR) is 132 cm³/mol. The molecule has 9 nitrogen and oxygen atoms in total. The number of nitrogens with zero attached hydrogens (tertiary/aromatic N) is 4. The Morgan fingerprint density at radius 1 is 1.03 bits per heavy atom. The first kappa shape index (κ1) is 26.5. The molecule has 0 unspecified atom stereocenters. The van der Waals surface area contributed by atoms with Crippen molar-refractivity contribution in [2.24, 2.45) is 0 Å². The zero-order valence-corrected chi connectivity index (χ0v) is 20.9. The van der Waals surface area contributed by atoms with E-state index >= 15 is 0 Å². The third kappa shape index (κ3) is 5.73. The van der Waals surface area contributed by atoms with E-state index in [0.717, 1.165) is 11.6 Å². The van der Waals surface area contributed by atoms with E-state index in [1.807, 2.05) is 11.9 Å². The Hall–Kier alpha value is -3.55. The number of nitrogens with two attached hydrogens (primary N) is 1. The monoisotopic (exact) mass is 534 g/mol. The SMILES string of the molecule is Cc1ccc(C(=O)Nc2cc(C(F)(F)F)ccc2S(=O)(=O)N2CCN(C)CC2)cc1-c1cnc(N)nc1. The number of sulfonamides is 1. The smallest absolute Gasteiger partial charge is 0.368 e. The second-order valence-corrected chi connectivity index (χ2v) is 10.6. The molecule has 3 aromatic rings. The fraction of sp³-hybridized carbons (Fsp3) is 0.292. The van der Waals surface area contributed by atoms with Crippen LogP contribution in [0.2, 0.25) is 0 Å². The van der Waals surface area contributed by atoms with Gasteiger partial charge in [0, 0.05) is 49.7 Å². The van der Waals surface area contributed by atoms with Gasteiger partial charge in [0.1, 0.15) is 4.90 Å². The molecule has 1 aliphatic heterocycles. The lowest BCUT2D eigenvalue weighted by Gasteiger charge is -2.32. The highest BCUT2D eigenvalue weighted by molar-refractivity contribution is 7.89. The number of nitrogen functional groups attached to an aromatic ring is 1. The summed E-state index contributed by atoms with van der Waals surface area (Å²) in [6.45, 7) is 3.11. The Bertz CT molecular complexity index is 1420. The molecule has 0 atom stereocenters. The molecule has 0 saturated carbocycles. The summed E-state index contributed by atoms with van der Waals surface area (Å²) in [5.41, 5.74) is 6.11. The summed E-state index contributed by atoms with van der Waals surface area (Å²) in [4.78, 5) is 22.6. The lowest BCUT2D eigenvalue weighted by atomic mass is 10.00. The number of hydrogen-bond acceptors (Lipinski definition) is 7. The average Bonchev–Trinajstić information content (AvgIpc) is 2.84. The van der Waals surface area contributed by atoms with Crippen LogP contribution in [0.5, 0.6) is 0 Å². The number of alkyl halides is 3. The van der Waals surface area contributed by atoms with Gasteiger partial charge < -0.3 is 16.0 Å². The molecule has 2 aromatic carbocycles. The second-order valence-electron chi connectivity index (χ2n) is 8.73. The number of likely N-dealkylation sites (N-methyl/N-ethyl adjacent to an activating group) is 1. The van der Waals surface area contributed by atoms with Crippen LogP contribution in [0.3, 0.4) is 0 Å². The van der Waals surface area contributed by atoms with Crippen LogP contribution >= 0.6 is 0 Å². The van der Waals surface area contributed by atoms with Gasteiger partial charge in [0.05, 0.1) is 11.3 Å². The van der Waals surface area contributed by atoms with Gasteiger partial charge in [-0.2, -0.15) is 17.5 Å². The number of aryl methyl sites for hydroxylation is 1. The number of carbonyl (C=O) groups excluding carboxylic acids is 1. The van der Waals surface area contributed by atoms with Crippen molar-refractivity contribution in [3.05, 3.63) is 65.5 Å². The van der Waals surface area contributed by atoms with Gasteiger partial charge in [-0.15, -0.1) is 0 Å². The van der Waals surface area contributed by atoms with Crippen molar-refractivity contribution in [1.82, 2.24) is 19.2 Å². The van der Waals surface area contributed by atoms with Crippen molar-refractivity contribution in [2.75, 3.05) is 44.3 Å². The molecule has 3 N–H and O–H groups in total. The van der Waals surface area contributed by atoms with Crippen molar-refractivity contribution in [3.63, 3.8) is 0 Å². The minimum atomic E-state index is -4.73. The van der Waals surface area contributed by atoms with Crippen molar-refractivity contribution in [2.45, 2.75) is 18.0 Å². The minimum absolute atomic E-state index is 0.0777. The van der Waals surface area contributed by atoms with E-state index in [1.54, 1.807) is 13.0 Å². The van der Waals surface area contributed by atoms with E-state index < -0.39 is 38.3 Å². The van der Waals surface area contributed by atoms with Crippen LogP contribution in [0.1, 0.15) is 21.5 Å². The molecule has 4 rings (SSSR count). The normalized spacial score (nSPS) is 15.5. The number of nitrogens with one attached hydrogen (secondary N) is 1. The van der Waals surface area contributed by atoms with E-state index in [2.05, 4.69) is 15.3 Å². The largest absolute Gasteiger partial charge is 0.416 e. The maximum atomic E-state index is 13.5. The molecule has 0 aliphatic carbocycles. The van der Waals surface area contributed by atoms with Crippen molar-refractivity contribution >= 4 is 27.6 Å². The topological polar surface area (TPSA) is 122 Å². The first-order valence-electron chi connectivity index (χ1n) is 11.3. The Morgan fingerprint density at radius 3 is 2.30 bits per heavy atom. The third-order valence-electron chi connectivity index (χ3n) is 6.12. The molecule has 196 valence electrons. The van der Waals surface area contributed by atoms with Crippen LogP contribution in [0, 0.1) is 6.92 Å². The standard InChI is InChI=1S/C24H25F3N6O3S/c1-15-3-4-16(11-19(15)17-13-29-23(28)30-14-17)22(34)31-20-12-18(24(25,26)27)5-6-21(20)37(35,36)33-9-7-32(2)8-10-33/h3-6,11-14H,7-10H2,1-2H3,(H,31,34)(H2,28,29,30). The molecule has 1 amide bonds. The van der Waals surface area contributed by atoms with Crippen molar-refractivity contribution < 1.29 is 26.4 Å². The molecule has 0 bridgehead atoms. The fourth-order valence-electron chi connectivity index (χ4n) is 3.94. The van der Waals surface area contributed by atoms with E-state index in [9.17, 15) is 26.4 Å². The maximum absolute atomic E-state index is 13.5. The molecule has 0 radical (unpaired) electrons. The van der Waals surface area contributed by atoms with Crippen molar-refractivity contribution in [3.8, 4) is 11.1 Å². The van der Waals surface area contributed by atoms with Crippen LogP contribution in [-0.2, 0) is 16.2 Å². The first-order valence-corrected chi connectivity index (χ1v) is 12.7. The Kier molecular flexibility index (Phi) is 7.22. The summed E-state index contributed by atoms with van der Waals surface area (Å²) >= 11 is 0. The van der Waals surface area contributed by atoms with Gasteiger partial charge in [0.25, 0.3) is 5.91 Å². The van der Waals surface area contributed by atoms with E-state index in [0.29, 0.717) is 36.3 Å². The quantitative estimate of drug-likeness (QED) is 0.515. The number of aromatic nitrogens is 2. The fourth-order valence-corrected chi connectivity index (χ4v) is 5.49. The Labute approximate surface area is 212 Å². The van der Waals surface area contributed by atoms with Gasteiger partial charge in [-0.05, 0) is 55.4 Å². The first-order chi connectivity index (χ1) is 17.4. The van der Waals surface area contributed by atoms with Gasteiger partial charge in [-0.1, -0.05) is 6.07 Å². The molecule has 0 spiro atoms. The number of piperazine rings is 1. The molecule has 13 heteroatoms. The van der Waals surface area contributed by atoms with E-state index in [4.69, 9.17) is 5.73 Å². The number of amides is 1. The number of anilines is 2. The number of hydrogen-bond donors (Lipinski definition) is 2. The Morgan fingerprint density at radius 2 is 1.68 bits per heavy atom. The third-order valence-corrected chi connectivity index (χ3v) is 8.07. The number of carbonyl (C=O) groups is 1. The van der Waals surface area contributed by atoms with Gasteiger partial charge in [0.2, 0.25) is 16.0 Å². The van der Waals surface area contributed by atoms with Crippen molar-refractivity contribution in [1.29, 1.82) is 0 Å². The summed E-state index contributed by atoms with van der Waals surface area (Å²) in [6, 6.07) is 6.91. The molecule has 1 aromatic heterocycles. The van der Waals surface area contributed by atoms with Crippen LogP contribution in [0.4, 0.5) is 24.8 Å². The number of halogens is 3. The van der Waals surface area contributed by atoms with E-state index in [1.165, 1.54) is 28.8 Å². The maximum Gasteiger partial charge on any atom is 0.416 e. The summed E-state index contributed by atoms with van der Waals surface area (Å²) in [5, 5.41) is 2.39. The zero-order chi connectivity index (χ0) is 27.0. The lowest BCUT2D eigenvalue weighted by Crippen LogP contribution is -2.47. The molecular formula is C24H25F3N6O3S. The van der Waals surface area contributed by atoms with Crippen LogP contribution in [0.25, 0.3) is 11.1 Å². The highest BCUT2D eigenvalue weighted by atomic mass is 32.2. The zero-order valence-electron chi connectivity index (χ0n) is 20.1. The summed E-state index contributed by atoms with van der Waals surface area (Å²) < 4.78 is 68.3. The number of rotatable bonds is 5. The van der Waals surface area contributed by atoms with Gasteiger partial charge in [-0.25, -0.2) is 18.4 Å². The van der Waals surface area contributed by atoms with Crippen LogP contribution in [-0.4, -0.2) is 66.7 Å². The highest BCUT2D eigenvalue weighted by Gasteiger charge is 2.35. The predicted octanol–water partition coefficient (Wildman–Crippen LogP) is 3.24.